The summed E-state index contributed by atoms with van der Waals surface area (Å²) in [5.74, 6) is 2.30. The number of hydrogen-bond donors (Lipinski definition) is 2. The molecule has 45 heavy (non-hydrogen) atoms. The van der Waals surface area contributed by atoms with Crippen LogP contribution < -0.4 is 5.32 Å². The fourth-order valence-electron chi connectivity index (χ4n) is 9.69. The lowest BCUT2D eigenvalue weighted by Gasteiger charge is -2.28. The Morgan fingerprint density at radius 2 is 1.56 bits per heavy atom. The van der Waals surface area contributed by atoms with E-state index in [1.807, 2.05) is 0 Å². The molecule has 2 N–H and O–H groups in total. The maximum absolute atomic E-state index is 5.09. The quantitative estimate of drug-likeness (QED) is 0.321. The minimum atomic E-state index is 0.255. The number of hydrogen-bond acceptors (Lipinski definition) is 5. The zero-order valence-electron chi connectivity index (χ0n) is 26.9. The van der Waals surface area contributed by atoms with E-state index in [2.05, 4.69) is 88.9 Å². The van der Waals surface area contributed by atoms with Gasteiger partial charge in [0.25, 0.3) is 0 Å². The number of H-pyrrole nitrogens is 1. The van der Waals surface area contributed by atoms with E-state index in [1.54, 1.807) is 11.1 Å². The fraction of sp³-hybridized carbons (Fsp3) is 0.487. The number of amidine groups is 1. The number of likely N-dealkylation sites (N-methyl/N-ethyl adjacent to an activating group) is 1. The number of aromatic amines is 1. The number of allylic oxidation sites excluding steroid dienone is 2. The molecule has 0 bridgehead atoms. The van der Waals surface area contributed by atoms with Gasteiger partial charge in [-0.25, -0.2) is 4.98 Å². The summed E-state index contributed by atoms with van der Waals surface area (Å²) in [5, 5.41) is 3.72. The highest BCUT2D eigenvalue weighted by atomic mass is 15.2. The van der Waals surface area contributed by atoms with Crippen molar-refractivity contribution in [2.75, 3.05) is 27.2 Å². The van der Waals surface area contributed by atoms with Gasteiger partial charge < -0.3 is 10.3 Å². The van der Waals surface area contributed by atoms with Gasteiger partial charge in [0.1, 0.15) is 11.7 Å². The molecule has 4 heterocycles. The topological polar surface area (TPSA) is 59.6 Å². The predicted octanol–water partition coefficient (Wildman–Crippen LogP) is 7.40. The molecule has 0 radical (unpaired) electrons. The van der Waals surface area contributed by atoms with Crippen LogP contribution in [-0.4, -0.2) is 64.9 Å². The number of likely N-dealkylation sites (tertiary alicyclic amines) is 2. The van der Waals surface area contributed by atoms with E-state index < -0.39 is 0 Å². The Morgan fingerprint density at radius 3 is 2.31 bits per heavy atom. The smallest absolute Gasteiger partial charge is 0.123 e. The van der Waals surface area contributed by atoms with Crippen molar-refractivity contribution in [1.29, 1.82) is 0 Å². The highest BCUT2D eigenvalue weighted by Crippen LogP contribution is 2.55. The molecule has 6 aliphatic rings. The van der Waals surface area contributed by atoms with Crippen LogP contribution in [0, 0.1) is 0 Å². The third-order valence-corrected chi connectivity index (χ3v) is 12.1. The number of fused-ring (bicyclic) bond motifs is 3. The van der Waals surface area contributed by atoms with Crippen molar-refractivity contribution in [1.82, 2.24) is 25.1 Å². The average Bonchev–Trinajstić information content (AvgIpc) is 3.91. The van der Waals surface area contributed by atoms with Crippen LogP contribution >= 0.6 is 0 Å². The Balaban J connectivity index is 1.02. The van der Waals surface area contributed by atoms with Gasteiger partial charge in [-0.1, -0.05) is 55.3 Å². The predicted molar refractivity (Wildman–Crippen MR) is 183 cm³/mol. The van der Waals surface area contributed by atoms with Gasteiger partial charge in [-0.15, -0.1) is 0 Å². The Hall–Kier alpha value is -3.48. The number of rotatable bonds is 5. The van der Waals surface area contributed by atoms with Gasteiger partial charge in [-0.2, -0.15) is 0 Å². The number of nitrogens with zero attached hydrogens (tertiary/aromatic N) is 4. The first-order chi connectivity index (χ1) is 22.1. The molecule has 6 nitrogen and oxygen atoms in total. The Bertz CT molecular complexity index is 1720. The molecule has 3 fully saturated rings. The zero-order chi connectivity index (χ0) is 30.1. The van der Waals surface area contributed by atoms with E-state index in [0.29, 0.717) is 17.5 Å². The molecule has 0 amide bonds. The molecule has 2 aromatic carbocycles. The molecule has 1 saturated carbocycles. The molecule has 3 aliphatic heterocycles. The molecule has 3 unspecified atom stereocenters. The summed E-state index contributed by atoms with van der Waals surface area (Å²) < 4.78 is 0. The Morgan fingerprint density at radius 1 is 0.822 bits per heavy atom. The summed E-state index contributed by atoms with van der Waals surface area (Å²) in [5.41, 5.74) is 12.8. The van der Waals surface area contributed by atoms with E-state index in [4.69, 9.17) is 9.98 Å². The summed E-state index contributed by atoms with van der Waals surface area (Å²) in [6.07, 6.45) is 20.5. The number of aromatic nitrogens is 2. The third-order valence-electron chi connectivity index (χ3n) is 12.1. The van der Waals surface area contributed by atoms with Crippen molar-refractivity contribution in [3.05, 3.63) is 83.0 Å². The zero-order valence-corrected chi connectivity index (χ0v) is 26.9. The number of aliphatic imine (C=N–C) groups is 1. The van der Waals surface area contributed by atoms with Crippen LogP contribution in [0.2, 0.25) is 0 Å². The van der Waals surface area contributed by atoms with Gasteiger partial charge in [0, 0.05) is 11.3 Å². The second kappa shape index (κ2) is 10.8. The summed E-state index contributed by atoms with van der Waals surface area (Å²) in [4.78, 5) is 18.6. The molecular weight excluding hydrogens is 552 g/mol. The Kier molecular flexibility index (Phi) is 6.68. The van der Waals surface area contributed by atoms with Crippen molar-refractivity contribution in [3.63, 3.8) is 0 Å². The van der Waals surface area contributed by atoms with Gasteiger partial charge in [-0.3, -0.25) is 14.8 Å². The molecule has 3 atom stereocenters. The van der Waals surface area contributed by atoms with Gasteiger partial charge in [0.2, 0.25) is 0 Å². The highest BCUT2D eigenvalue weighted by molar-refractivity contribution is 5.93. The molecule has 9 rings (SSSR count). The monoisotopic (exact) mass is 598 g/mol. The molecule has 1 aromatic heterocycles. The highest BCUT2D eigenvalue weighted by Gasteiger charge is 2.44. The first-order valence-electron chi connectivity index (χ1n) is 17.6. The Labute approximate surface area is 267 Å². The van der Waals surface area contributed by atoms with E-state index in [9.17, 15) is 0 Å². The van der Waals surface area contributed by atoms with Crippen molar-refractivity contribution in [3.8, 4) is 22.4 Å². The van der Waals surface area contributed by atoms with Crippen LogP contribution in [0.1, 0.15) is 92.8 Å². The van der Waals surface area contributed by atoms with E-state index in [-0.39, 0.29) is 6.04 Å². The summed E-state index contributed by atoms with van der Waals surface area (Å²) in [6, 6.07) is 15.4. The summed E-state index contributed by atoms with van der Waals surface area (Å²) in [7, 11) is 4.45. The molecule has 232 valence electrons. The SMILES string of the molecule is CN1CCCC1C1=NC2CC=C(c3ccc(-c4ccc(-c5cnc(C6CCCN6C)[nH]5)c5c4C4(CCCC4)CC5)cc3)C=C2N1. The van der Waals surface area contributed by atoms with Crippen LogP contribution in [0.4, 0.5) is 0 Å². The maximum atomic E-state index is 5.09. The molecule has 2 saturated heterocycles. The lowest BCUT2D eigenvalue weighted by atomic mass is 9.76. The minimum absolute atomic E-state index is 0.255. The largest absolute Gasteiger partial charge is 0.344 e. The first kappa shape index (κ1) is 27.8. The molecule has 1 spiro atoms. The molecule has 3 aromatic rings. The standard InChI is InChI=1S/C39H46N6/c1-44-21-5-7-34(44)37-40-24-33(43-37)29-15-14-28(36-30(29)17-20-39(36)18-3-4-19-39)26-11-9-25(10-12-26)27-13-16-31-32(23-27)42-38(41-31)35-8-6-22-45(35)2/h9-15,23-24,31,34-35H,3-8,16-22H2,1-2H3,(H,40,43)(H,41,42). The molecule has 6 heteroatoms. The normalized spacial score (nSPS) is 27.4. The van der Waals surface area contributed by atoms with Crippen LogP contribution in [0.25, 0.3) is 28.0 Å². The van der Waals surface area contributed by atoms with Crippen molar-refractivity contribution in [2.24, 2.45) is 4.99 Å². The lowest BCUT2D eigenvalue weighted by Crippen LogP contribution is -2.38. The second-order valence-corrected chi connectivity index (χ2v) is 14.7. The molecule has 3 aliphatic carbocycles. The number of imidazole rings is 1. The van der Waals surface area contributed by atoms with Crippen LogP contribution in [-0.2, 0) is 11.8 Å². The lowest BCUT2D eigenvalue weighted by molar-refractivity contribution is 0.307. The minimum Gasteiger partial charge on any atom is -0.344 e. The van der Waals surface area contributed by atoms with Crippen LogP contribution in [0.5, 0.6) is 0 Å². The summed E-state index contributed by atoms with van der Waals surface area (Å²) >= 11 is 0. The van der Waals surface area contributed by atoms with Gasteiger partial charge in [0.05, 0.1) is 30.0 Å². The van der Waals surface area contributed by atoms with Gasteiger partial charge in [0.15, 0.2) is 0 Å². The fourth-order valence-corrected chi connectivity index (χ4v) is 9.69. The van der Waals surface area contributed by atoms with Crippen molar-refractivity contribution >= 4 is 11.4 Å². The van der Waals surface area contributed by atoms with E-state index in [1.165, 1.54) is 116 Å². The third kappa shape index (κ3) is 4.58. The number of nitrogens with one attached hydrogen (secondary N) is 2. The molecular formula is C39H46N6. The van der Waals surface area contributed by atoms with Crippen LogP contribution in [0.3, 0.4) is 0 Å². The maximum Gasteiger partial charge on any atom is 0.123 e. The van der Waals surface area contributed by atoms with E-state index in [0.717, 1.165) is 18.8 Å². The van der Waals surface area contributed by atoms with E-state index >= 15 is 0 Å². The summed E-state index contributed by atoms with van der Waals surface area (Å²) in [6.45, 7) is 2.33. The number of benzene rings is 2. The first-order valence-corrected chi connectivity index (χ1v) is 17.6. The van der Waals surface area contributed by atoms with Gasteiger partial charge in [-0.05, 0) is 130 Å². The van der Waals surface area contributed by atoms with Gasteiger partial charge >= 0.3 is 0 Å². The van der Waals surface area contributed by atoms with Crippen molar-refractivity contribution < 1.29 is 0 Å². The average molecular weight is 599 g/mol. The second-order valence-electron chi connectivity index (χ2n) is 14.7. The van der Waals surface area contributed by atoms with Crippen LogP contribution in [0.15, 0.2) is 65.4 Å². The van der Waals surface area contributed by atoms with Crippen molar-refractivity contribution in [2.45, 2.75) is 94.2 Å².